The van der Waals surface area contributed by atoms with Crippen molar-refractivity contribution in [3.05, 3.63) is 16.9 Å². The van der Waals surface area contributed by atoms with Gasteiger partial charge in [0.05, 0.1) is 21.2 Å². The lowest BCUT2D eigenvalue weighted by atomic mass is 10.1. The molecule has 23 heavy (non-hydrogen) atoms. The maximum absolute atomic E-state index is 11.8. The topological polar surface area (TPSA) is 107 Å². The molecule has 8 heteroatoms. The molecule has 0 aromatic carbocycles. The van der Waals surface area contributed by atoms with Crippen molar-refractivity contribution in [3.63, 3.8) is 0 Å². The molecule has 2 atom stereocenters. The molecule has 0 bridgehead atoms. The number of nitrogens with two attached hydrogens (primary N) is 1. The number of amides is 1. The van der Waals surface area contributed by atoms with E-state index < -0.39 is 12.0 Å². The molecular formula is C15H20BrN5O2. The molecule has 1 aliphatic rings. The number of hydrogen-bond acceptors (Lipinski definition) is 5. The third-order valence-electron chi connectivity index (χ3n) is 4.04. The predicted octanol–water partition coefficient (Wildman–Crippen LogP) is 1.57. The predicted molar refractivity (Wildman–Crippen MR) is 93.5 cm³/mol. The Labute approximate surface area is 142 Å². The maximum Gasteiger partial charge on any atom is 0.252 e. The Balaban J connectivity index is 2.06. The molecule has 0 spiro atoms. The number of fused-ring (bicyclic) bond motifs is 1. The van der Waals surface area contributed by atoms with Crippen LogP contribution in [0, 0.1) is 0 Å². The highest BCUT2D eigenvalue weighted by atomic mass is 79.9. The second-order valence-electron chi connectivity index (χ2n) is 5.89. The van der Waals surface area contributed by atoms with Gasteiger partial charge < -0.3 is 26.0 Å². The minimum absolute atomic E-state index is 0.133. The number of aliphatic hydroxyl groups excluding tert-OH is 1. The molecule has 124 valence electrons. The Morgan fingerprint density at radius 2 is 2.43 bits per heavy atom. The lowest BCUT2D eigenvalue weighted by Crippen LogP contribution is -2.43. The number of aromatic amines is 1. The fraction of sp³-hybridized carbons (Fsp3) is 0.467. The van der Waals surface area contributed by atoms with Gasteiger partial charge in [0.2, 0.25) is 0 Å². The average molecular weight is 382 g/mol. The number of pyridine rings is 1. The van der Waals surface area contributed by atoms with E-state index in [1.54, 1.807) is 12.4 Å². The fourth-order valence-electron chi connectivity index (χ4n) is 2.91. The number of halogens is 1. The van der Waals surface area contributed by atoms with Crippen LogP contribution in [-0.2, 0) is 4.79 Å². The Kier molecular flexibility index (Phi) is 4.56. The summed E-state index contributed by atoms with van der Waals surface area (Å²) in [5.41, 5.74) is 8.36. The number of piperidine rings is 1. The summed E-state index contributed by atoms with van der Waals surface area (Å²) in [7, 11) is 0. The van der Waals surface area contributed by atoms with Crippen LogP contribution in [0.1, 0.15) is 19.8 Å². The van der Waals surface area contributed by atoms with Gasteiger partial charge in [0, 0.05) is 31.5 Å². The summed E-state index contributed by atoms with van der Waals surface area (Å²) < 4.78 is 0.853. The van der Waals surface area contributed by atoms with Gasteiger partial charge in [0.1, 0.15) is 11.8 Å². The van der Waals surface area contributed by atoms with Gasteiger partial charge >= 0.3 is 0 Å². The Morgan fingerprint density at radius 1 is 1.65 bits per heavy atom. The van der Waals surface area contributed by atoms with Crippen LogP contribution in [0.15, 0.2) is 16.9 Å². The van der Waals surface area contributed by atoms with E-state index in [9.17, 15) is 9.90 Å². The van der Waals surface area contributed by atoms with Gasteiger partial charge in [0.25, 0.3) is 5.91 Å². The number of rotatable bonds is 3. The Bertz CT molecular complexity index is 730. The van der Waals surface area contributed by atoms with E-state index in [2.05, 4.69) is 36.1 Å². The molecule has 1 amide bonds. The first-order valence-corrected chi connectivity index (χ1v) is 8.41. The summed E-state index contributed by atoms with van der Waals surface area (Å²) in [6, 6.07) is 0.133. The van der Waals surface area contributed by atoms with Crippen LogP contribution in [0.4, 0.5) is 11.4 Å². The summed E-state index contributed by atoms with van der Waals surface area (Å²) in [5.74, 6) is -0.452. The highest BCUT2D eigenvalue weighted by molar-refractivity contribution is 9.10. The third-order valence-corrected chi connectivity index (χ3v) is 4.62. The van der Waals surface area contributed by atoms with Crippen molar-refractivity contribution in [1.82, 2.24) is 9.97 Å². The second-order valence-corrected chi connectivity index (χ2v) is 6.75. The van der Waals surface area contributed by atoms with Crippen molar-refractivity contribution in [3.8, 4) is 0 Å². The molecule has 3 rings (SSSR count). The van der Waals surface area contributed by atoms with Crippen LogP contribution < -0.4 is 16.0 Å². The number of H-pyrrole nitrogens is 1. The summed E-state index contributed by atoms with van der Waals surface area (Å²) in [6.45, 7) is 3.09. The smallest absolute Gasteiger partial charge is 0.252 e. The van der Waals surface area contributed by atoms with E-state index in [0.717, 1.165) is 41.5 Å². The zero-order chi connectivity index (χ0) is 16.6. The molecule has 2 aromatic heterocycles. The highest BCUT2D eigenvalue weighted by Crippen LogP contribution is 2.38. The quantitative estimate of drug-likeness (QED) is 0.645. The molecule has 0 saturated carbocycles. The first kappa shape index (κ1) is 16.2. The SMILES string of the molecule is C[C@@H](O)C(=O)Nc1c[nH]c2ncc(Br)c(N3CCC[C@@H](N)C3)c12. The normalized spacial score (nSPS) is 19.8. The van der Waals surface area contributed by atoms with Crippen LogP contribution in [0.25, 0.3) is 11.0 Å². The second kappa shape index (κ2) is 6.46. The Hall–Kier alpha value is -1.64. The zero-order valence-corrected chi connectivity index (χ0v) is 14.4. The molecule has 7 nitrogen and oxygen atoms in total. The van der Waals surface area contributed by atoms with Crippen molar-refractivity contribution >= 4 is 44.2 Å². The Morgan fingerprint density at radius 3 is 3.13 bits per heavy atom. The first-order valence-electron chi connectivity index (χ1n) is 7.62. The molecule has 0 unspecified atom stereocenters. The van der Waals surface area contributed by atoms with Crippen LogP contribution >= 0.6 is 15.9 Å². The van der Waals surface area contributed by atoms with E-state index in [0.29, 0.717) is 11.3 Å². The fourth-order valence-corrected chi connectivity index (χ4v) is 3.47. The van der Waals surface area contributed by atoms with Gasteiger partial charge in [0.15, 0.2) is 0 Å². The molecule has 2 aromatic rings. The number of carbonyl (C=O) groups is 1. The lowest BCUT2D eigenvalue weighted by Gasteiger charge is -2.33. The van der Waals surface area contributed by atoms with Gasteiger partial charge in [-0.3, -0.25) is 4.79 Å². The summed E-state index contributed by atoms with van der Waals surface area (Å²) in [6.07, 6.45) is 4.40. The monoisotopic (exact) mass is 381 g/mol. The van der Waals surface area contributed by atoms with E-state index in [-0.39, 0.29) is 6.04 Å². The van der Waals surface area contributed by atoms with Gasteiger partial charge in [-0.15, -0.1) is 0 Å². The van der Waals surface area contributed by atoms with Crippen LogP contribution in [0.5, 0.6) is 0 Å². The number of carbonyl (C=O) groups excluding carboxylic acids is 1. The van der Waals surface area contributed by atoms with E-state index >= 15 is 0 Å². The molecule has 0 radical (unpaired) electrons. The van der Waals surface area contributed by atoms with Crippen molar-refractivity contribution in [2.75, 3.05) is 23.3 Å². The van der Waals surface area contributed by atoms with Crippen LogP contribution in [0.3, 0.4) is 0 Å². The van der Waals surface area contributed by atoms with Crippen LogP contribution in [0.2, 0.25) is 0 Å². The first-order chi connectivity index (χ1) is 11.0. The number of aliphatic hydroxyl groups is 1. The van der Waals surface area contributed by atoms with E-state index in [1.165, 1.54) is 6.92 Å². The maximum atomic E-state index is 11.8. The molecule has 0 aliphatic carbocycles. The van der Waals surface area contributed by atoms with Crippen LogP contribution in [-0.4, -0.2) is 46.2 Å². The highest BCUT2D eigenvalue weighted by Gasteiger charge is 2.24. The lowest BCUT2D eigenvalue weighted by molar-refractivity contribution is -0.123. The largest absolute Gasteiger partial charge is 0.384 e. The molecule has 5 N–H and O–H groups in total. The summed E-state index contributed by atoms with van der Waals surface area (Å²) >= 11 is 3.57. The number of nitrogens with one attached hydrogen (secondary N) is 2. The van der Waals surface area contributed by atoms with Crippen molar-refractivity contribution < 1.29 is 9.90 Å². The zero-order valence-electron chi connectivity index (χ0n) is 12.8. The molecule has 1 saturated heterocycles. The number of nitrogens with zero attached hydrogens (tertiary/aromatic N) is 2. The van der Waals surface area contributed by atoms with E-state index in [1.807, 2.05) is 0 Å². The standard InChI is InChI=1S/C15H20BrN5O2/c1-8(22)15(23)20-11-6-19-14-12(11)13(10(16)5-18-14)21-4-2-3-9(17)7-21/h5-6,8-9,22H,2-4,7,17H2,1H3,(H,18,19)(H,20,23)/t8-,9-/m1/s1. The van der Waals surface area contributed by atoms with Gasteiger partial charge in [-0.05, 0) is 35.7 Å². The number of hydrogen-bond donors (Lipinski definition) is 4. The van der Waals surface area contributed by atoms with E-state index in [4.69, 9.17) is 5.73 Å². The number of anilines is 2. The molecule has 1 aliphatic heterocycles. The van der Waals surface area contributed by atoms with Crippen molar-refractivity contribution in [2.45, 2.75) is 31.9 Å². The molecule has 3 heterocycles. The minimum atomic E-state index is -1.08. The number of aromatic nitrogens is 2. The third kappa shape index (κ3) is 3.19. The molecular weight excluding hydrogens is 362 g/mol. The summed E-state index contributed by atoms with van der Waals surface area (Å²) in [4.78, 5) is 21.5. The van der Waals surface area contributed by atoms with Gasteiger partial charge in [-0.2, -0.15) is 0 Å². The van der Waals surface area contributed by atoms with Gasteiger partial charge in [-0.1, -0.05) is 0 Å². The van der Waals surface area contributed by atoms with Crippen molar-refractivity contribution in [2.24, 2.45) is 5.73 Å². The van der Waals surface area contributed by atoms with Crippen molar-refractivity contribution in [1.29, 1.82) is 0 Å². The molecule has 1 fully saturated rings. The average Bonchev–Trinajstić information content (AvgIpc) is 2.90. The summed E-state index contributed by atoms with van der Waals surface area (Å²) in [5, 5.41) is 13.0. The minimum Gasteiger partial charge on any atom is -0.384 e. The van der Waals surface area contributed by atoms with Gasteiger partial charge in [-0.25, -0.2) is 4.98 Å².